The Labute approximate surface area is 223 Å². The first-order chi connectivity index (χ1) is 18.2. The van der Waals surface area contributed by atoms with Crippen LogP contribution in [0.25, 0.3) is 0 Å². The van der Waals surface area contributed by atoms with Crippen LogP contribution in [-0.2, 0) is 46.1 Å². The van der Waals surface area contributed by atoms with E-state index in [-0.39, 0.29) is 56.2 Å². The number of carbonyl (C=O) groups excluding carboxylic acids is 3. The van der Waals surface area contributed by atoms with Crippen molar-refractivity contribution >= 4 is 40.7 Å². The van der Waals surface area contributed by atoms with E-state index < -0.39 is 41.2 Å². The lowest BCUT2D eigenvalue weighted by atomic mass is 10.1. The molecule has 1 saturated heterocycles. The minimum atomic E-state index is -1.23. The minimum Gasteiger partial charge on any atom is -0.479 e. The molecular formula is C25H34N2O10S. The molecule has 13 heteroatoms. The van der Waals surface area contributed by atoms with Gasteiger partial charge in [-0.25, -0.2) is 4.79 Å². The number of amides is 2. The predicted molar refractivity (Wildman–Crippen MR) is 137 cm³/mol. The molecule has 0 radical (unpaired) electrons. The van der Waals surface area contributed by atoms with Crippen LogP contribution >= 0.6 is 0 Å². The van der Waals surface area contributed by atoms with Gasteiger partial charge in [0.05, 0.1) is 11.8 Å². The minimum absolute atomic E-state index is 0.0295. The van der Waals surface area contributed by atoms with E-state index in [1.54, 1.807) is 6.07 Å². The third kappa shape index (κ3) is 11.4. The Morgan fingerprint density at radius 3 is 2.66 bits per heavy atom. The zero-order chi connectivity index (χ0) is 27.9. The van der Waals surface area contributed by atoms with Gasteiger partial charge in [0.2, 0.25) is 18.1 Å². The van der Waals surface area contributed by atoms with Crippen molar-refractivity contribution in [2.75, 3.05) is 17.6 Å². The van der Waals surface area contributed by atoms with Crippen molar-refractivity contribution in [1.29, 1.82) is 0 Å². The maximum atomic E-state index is 12.6. The standard InChI is InChI=1S/C25H34N2O10S/c1-2-38(34)11-5-3-4-6-22(30)26-10-9-23(31)27-19-12-17(15-35-16-28)7-8-20(19)36-24-14-18(29)13-21(37-24)25(32)33/h2,7-8,12,16,18,21,24,29H,1,3-6,9-11,13-15H2,(H,26,30)(H,27,31)(H,32,33). The summed E-state index contributed by atoms with van der Waals surface area (Å²) in [6.45, 7) is 3.81. The number of nitrogens with one attached hydrogen (secondary N) is 2. The van der Waals surface area contributed by atoms with Crippen LogP contribution in [0.5, 0.6) is 5.75 Å². The van der Waals surface area contributed by atoms with Crippen molar-refractivity contribution in [2.24, 2.45) is 0 Å². The number of hydrogen-bond acceptors (Lipinski definition) is 9. The van der Waals surface area contributed by atoms with Gasteiger partial charge in [-0.15, -0.1) is 0 Å². The maximum absolute atomic E-state index is 12.6. The van der Waals surface area contributed by atoms with Crippen molar-refractivity contribution in [3.8, 4) is 5.75 Å². The number of aliphatic hydroxyl groups is 1. The van der Waals surface area contributed by atoms with E-state index in [9.17, 15) is 33.6 Å². The molecule has 2 amide bonds. The van der Waals surface area contributed by atoms with Crippen LogP contribution in [-0.4, -0.2) is 69.5 Å². The molecule has 0 saturated carbocycles. The summed E-state index contributed by atoms with van der Waals surface area (Å²) in [4.78, 5) is 46.4. The second-order valence-corrected chi connectivity index (χ2v) is 10.1. The third-order valence-electron chi connectivity index (χ3n) is 5.55. The zero-order valence-corrected chi connectivity index (χ0v) is 21.8. The molecule has 1 aliphatic rings. The second-order valence-electron chi connectivity index (χ2n) is 8.58. The number of aliphatic hydroxyl groups excluding tert-OH is 1. The molecule has 4 unspecified atom stereocenters. The first-order valence-electron chi connectivity index (χ1n) is 12.2. The van der Waals surface area contributed by atoms with Gasteiger partial charge in [-0.3, -0.25) is 18.6 Å². The van der Waals surface area contributed by atoms with Crippen LogP contribution in [0.2, 0.25) is 0 Å². The van der Waals surface area contributed by atoms with Crippen LogP contribution in [0.1, 0.15) is 50.5 Å². The highest BCUT2D eigenvalue weighted by atomic mass is 32.2. The van der Waals surface area contributed by atoms with Crippen LogP contribution in [0.3, 0.4) is 0 Å². The van der Waals surface area contributed by atoms with E-state index in [2.05, 4.69) is 17.2 Å². The number of aliphatic carboxylic acids is 1. The predicted octanol–water partition coefficient (Wildman–Crippen LogP) is 1.59. The molecule has 1 heterocycles. The molecule has 1 aliphatic heterocycles. The molecule has 0 spiro atoms. The fourth-order valence-electron chi connectivity index (χ4n) is 3.64. The van der Waals surface area contributed by atoms with E-state index in [1.807, 2.05) is 0 Å². The number of rotatable bonds is 17. The topological polar surface area (TPSA) is 178 Å². The number of unbranched alkanes of at least 4 members (excludes halogenated alkanes) is 2. The molecule has 1 aromatic carbocycles. The number of carboxylic acid groups (broad SMARTS) is 1. The normalized spacial score (nSPS) is 19.6. The number of ether oxygens (including phenoxy) is 3. The number of carbonyl (C=O) groups is 4. The SMILES string of the molecule is C=CS(=O)CCCCCC(=O)NCCC(=O)Nc1cc(COC=O)ccc1OC1CC(O)CC(C(=O)O)O1. The van der Waals surface area contributed by atoms with Gasteiger partial charge < -0.3 is 35.1 Å². The van der Waals surface area contributed by atoms with E-state index in [0.717, 1.165) is 12.8 Å². The molecule has 0 bridgehead atoms. The monoisotopic (exact) mass is 554 g/mol. The Morgan fingerprint density at radius 2 is 1.95 bits per heavy atom. The van der Waals surface area contributed by atoms with Gasteiger partial charge in [-0.05, 0) is 35.9 Å². The Morgan fingerprint density at radius 1 is 1.16 bits per heavy atom. The fourth-order valence-corrected chi connectivity index (χ4v) is 4.30. The Balaban J connectivity index is 1.90. The molecule has 4 atom stereocenters. The molecule has 2 rings (SSSR count). The largest absolute Gasteiger partial charge is 0.479 e. The summed E-state index contributed by atoms with van der Waals surface area (Å²) in [6, 6.07) is 4.63. The van der Waals surface area contributed by atoms with Crippen molar-refractivity contribution < 1.29 is 47.8 Å². The van der Waals surface area contributed by atoms with Gasteiger partial charge in [-0.1, -0.05) is 19.1 Å². The third-order valence-corrected chi connectivity index (χ3v) is 6.61. The summed E-state index contributed by atoms with van der Waals surface area (Å²) in [6.07, 6.45) is -0.870. The van der Waals surface area contributed by atoms with Gasteiger partial charge in [0.25, 0.3) is 6.47 Å². The molecule has 4 N–H and O–H groups in total. The van der Waals surface area contributed by atoms with Crippen molar-refractivity contribution in [2.45, 2.75) is 70.1 Å². The highest BCUT2D eigenvalue weighted by molar-refractivity contribution is 7.87. The fraction of sp³-hybridized carbons (Fsp3) is 0.520. The van der Waals surface area contributed by atoms with E-state index in [0.29, 0.717) is 24.2 Å². The Bertz CT molecular complexity index is 1000. The molecule has 1 aromatic rings. The number of hydrogen-bond donors (Lipinski definition) is 4. The average Bonchev–Trinajstić information content (AvgIpc) is 2.88. The first kappa shape index (κ1) is 30.9. The molecule has 1 fully saturated rings. The lowest BCUT2D eigenvalue weighted by Crippen LogP contribution is -2.42. The van der Waals surface area contributed by atoms with Gasteiger partial charge in [-0.2, -0.15) is 0 Å². The van der Waals surface area contributed by atoms with Crippen LogP contribution in [0, 0.1) is 0 Å². The van der Waals surface area contributed by atoms with Gasteiger partial charge >= 0.3 is 5.97 Å². The summed E-state index contributed by atoms with van der Waals surface area (Å²) in [5.74, 6) is -1.16. The summed E-state index contributed by atoms with van der Waals surface area (Å²) in [5, 5.41) is 26.0. The van der Waals surface area contributed by atoms with E-state index >= 15 is 0 Å². The lowest BCUT2D eigenvalue weighted by Gasteiger charge is -2.31. The first-order valence-corrected chi connectivity index (χ1v) is 13.6. The highest BCUT2D eigenvalue weighted by Gasteiger charge is 2.34. The molecule has 38 heavy (non-hydrogen) atoms. The Hall–Kier alpha value is -3.29. The molecule has 12 nitrogen and oxygen atoms in total. The highest BCUT2D eigenvalue weighted by Crippen LogP contribution is 2.30. The summed E-state index contributed by atoms with van der Waals surface area (Å²) in [5.41, 5.74) is 0.777. The molecule has 210 valence electrons. The quantitative estimate of drug-likeness (QED) is 0.163. The Kier molecular flexibility index (Phi) is 13.5. The van der Waals surface area contributed by atoms with Crippen molar-refractivity contribution in [3.63, 3.8) is 0 Å². The van der Waals surface area contributed by atoms with Gasteiger partial charge in [0, 0.05) is 48.8 Å². The van der Waals surface area contributed by atoms with Crippen LogP contribution in [0.4, 0.5) is 5.69 Å². The van der Waals surface area contributed by atoms with Crippen LogP contribution < -0.4 is 15.4 Å². The maximum Gasteiger partial charge on any atom is 0.333 e. The number of benzene rings is 1. The van der Waals surface area contributed by atoms with E-state index in [1.165, 1.54) is 17.5 Å². The van der Waals surface area contributed by atoms with Crippen molar-refractivity contribution in [1.82, 2.24) is 5.32 Å². The summed E-state index contributed by atoms with van der Waals surface area (Å²) < 4.78 is 27.2. The average molecular weight is 555 g/mol. The second kappa shape index (κ2) is 16.5. The molecule has 0 aromatic heterocycles. The summed E-state index contributed by atoms with van der Waals surface area (Å²) >= 11 is 0. The van der Waals surface area contributed by atoms with E-state index in [4.69, 9.17) is 14.2 Å². The molecule has 0 aliphatic carbocycles. The number of carboxylic acids is 1. The zero-order valence-electron chi connectivity index (χ0n) is 21.0. The number of anilines is 1. The van der Waals surface area contributed by atoms with Gasteiger partial charge in [0.15, 0.2) is 6.10 Å². The smallest absolute Gasteiger partial charge is 0.333 e. The van der Waals surface area contributed by atoms with Gasteiger partial charge in [0.1, 0.15) is 12.4 Å². The summed E-state index contributed by atoms with van der Waals surface area (Å²) in [7, 11) is -1.04. The van der Waals surface area contributed by atoms with Crippen molar-refractivity contribution in [3.05, 3.63) is 35.7 Å². The molecular weight excluding hydrogens is 520 g/mol. The van der Waals surface area contributed by atoms with Crippen LogP contribution in [0.15, 0.2) is 30.2 Å². The lowest BCUT2D eigenvalue weighted by molar-refractivity contribution is -0.195.